The summed E-state index contributed by atoms with van der Waals surface area (Å²) in [6, 6.07) is 16.1. The fourth-order valence-electron chi connectivity index (χ4n) is 4.25. The maximum Gasteiger partial charge on any atom is 0.332 e. The minimum absolute atomic E-state index is 0.100. The molecule has 0 aliphatic heterocycles. The number of aryl methyl sites for hydroxylation is 3. The third-order valence-electron chi connectivity index (χ3n) is 6.21. The Morgan fingerprint density at radius 2 is 1.76 bits per heavy atom. The monoisotopic (exact) mass is 443 g/mol. The maximum absolute atomic E-state index is 13.4. The summed E-state index contributed by atoms with van der Waals surface area (Å²) in [5.74, 6) is 0.555. The number of nitrogens with zero attached hydrogens (tertiary/aromatic N) is 5. The fraction of sp³-hybridized carbons (Fsp3) is 0.240. The Labute approximate surface area is 189 Å². The van der Waals surface area contributed by atoms with Gasteiger partial charge in [0.2, 0.25) is 5.78 Å². The summed E-state index contributed by atoms with van der Waals surface area (Å²) in [6.07, 6.45) is 2.22. The molecule has 0 radical (unpaired) electrons. The zero-order valence-corrected chi connectivity index (χ0v) is 18.8. The lowest BCUT2D eigenvalue weighted by Crippen LogP contribution is -2.39. The standard InChI is InChI=1S/C25H25N5O3/c1-16-10-11-19(14-17(16)2)30-20(18-8-5-4-6-9-18)15-29-21-22(26-24(29)30)27(3)25(33)28(23(21)32)12-7-13-31/h4-6,8-11,14-15,31H,7,12-13H2,1-3H3. The minimum atomic E-state index is -0.442. The molecule has 3 heterocycles. The predicted molar refractivity (Wildman–Crippen MR) is 128 cm³/mol. The van der Waals surface area contributed by atoms with Gasteiger partial charge in [0.05, 0.1) is 5.69 Å². The van der Waals surface area contributed by atoms with Gasteiger partial charge in [-0.25, -0.2) is 4.79 Å². The van der Waals surface area contributed by atoms with Crippen molar-refractivity contribution in [2.45, 2.75) is 26.8 Å². The van der Waals surface area contributed by atoms with Gasteiger partial charge in [-0.15, -0.1) is 0 Å². The quantitative estimate of drug-likeness (QED) is 0.453. The van der Waals surface area contributed by atoms with E-state index in [0.717, 1.165) is 22.5 Å². The molecule has 0 unspecified atom stereocenters. The SMILES string of the molecule is Cc1ccc(-n2c(-c3ccccc3)cn3c4c(=O)n(CCCO)c(=O)n(C)c4nc23)cc1C. The lowest BCUT2D eigenvalue weighted by Gasteiger charge is -2.11. The molecule has 168 valence electrons. The van der Waals surface area contributed by atoms with Crippen LogP contribution in [-0.2, 0) is 13.6 Å². The van der Waals surface area contributed by atoms with E-state index in [1.165, 1.54) is 14.7 Å². The summed E-state index contributed by atoms with van der Waals surface area (Å²) in [5, 5.41) is 9.21. The number of aromatic nitrogens is 5. The number of aliphatic hydroxyl groups excluding tert-OH is 1. The maximum atomic E-state index is 13.4. The zero-order chi connectivity index (χ0) is 23.3. The predicted octanol–water partition coefficient (Wildman–Crippen LogP) is 2.80. The van der Waals surface area contributed by atoms with Crippen LogP contribution in [0, 0.1) is 13.8 Å². The largest absolute Gasteiger partial charge is 0.396 e. The lowest BCUT2D eigenvalue weighted by atomic mass is 10.1. The van der Waals surface area contributed by atoms with Crippen molar-refractivity contribution in [1.29, 1.82) is 0 Å². The Kier molecular flexibility index (Phi) is 5.02. The summed E-state index contributed by atoms with van der Waals surface area (Å²) in [5.41, 5.74) is 4.95. The van der Waals surface area contributed by atoms with Crippen molar-refractivity contribution in [2.24, 2.45) is 7.05 Å². The van der Waals surface area contributed by atoms with Gasteiger partial charge >= 0.3 is 5.69 Å². The average Bonchev–Trinajstić information content (AvgIpc) is 3.36. The highest BCUT2D eigenvalue weighted by molar-refractivity contribution is 5.79. The van der Waals surface area contributed by atoms with E-state index >= 15 is 0 Å². The van der Waals surface area contributed by atoms with E-state index in [0.29, 0.717) is 23.4 Å². The van der Waals surface area contributed by atoms with Gasteiger partial charge < -0.3 is 5.11 Å². The highest BCUT2D eigenvalue weighted by Crippen LogP contribution is 2.29. The molecule has 0 amide bonds. The molecule has 0 bridgehead atoms. The molecule has 33 heavy (non-hydrogen) atoms. The van der Waals surface area contributed by atoms with Crippen molar-refractivity contribution in [1.82, 2.24) is 23.1 Å². The number of benzene rings is 2. The first kappa shape index (κ1) is 21.0. The van der Waals surface area contributed by atoms with E-state index in [4.69, 9.17) is 4.98 Å². The second kappa shape index (κ2) is 7.90. The molecule has 5 aromatic rings. The van der Waals surface area contributed by atoms with E-state index in [-0.39, 0.29) is 13.2 Å². The van der Waals surface area contributed by atoms with Crippen LogP contribution in [0.15, 0.2) is 64.3 Å². The zero-order valence-electron chi connectivity index (χ0n) is 18.8. The van der Waals surface area contributed by atoms with Crippen molar-refractivity contribution in [2.75, 3.05) is 6.61 Å². The van der Waals surface area contributed by atoms with Crippen molar-refractivity contribution in [3.8, 4) is 16.9 Å². The molecule has 0 saturated heterocycles. The van der Waals surface area contributed by atoms with Gasteiger partial charge in [0.15, 0.2) is 11.2 Å². The van der Waals surface area contributed by atoms with E-state index in [1.807, 2.05) is 47.2 Å². The Morgan fingerprint density at radius 3 is 2.45 bits per heavy atom. The van der Waals surface area contributed by atoms with Crippen molar-refractivity contribution in [3.63, 3.8) is 0 Å². The molecule has 0 aliphatic rings. The van der Waals surface area contributed by atoms with Crippen LogP contribution in [0.25, 0.3) is 33.9 Å². The normalized spacial score (nSPS) is 11.6. The van der Waals surface area contributed by atoms with Gasteiger partial charge in [0, 0.05) is 37.6 Å². The van der Waals surface area contributed by atoms with Crippen LogP contribution in [-0.4, -0.2) is 34.8 Å². The van der Waals surface area contributed by atoms with Crippen molar-refractivity contribution in [3.05, 3.63) is 86.7 Å². The summed E-state index contributed by atoms with van der Waals surface area (Å²) in [6.45, 7) is 4.18. The highest BCUT2D eigenvalue weighted by atomic mass is 16.3. The molecule has 0 aliphatic carbocycles. The molecule has 0 fully saturated rings. The van der Waals surface area contributed by atoms with Crippen LogP contribution in [0.5, 0.6) is 0 Å². The van der Waals surface area contributed by atoms with Gasteiger partial charge in [-0.1, -0.05) is 36.4 Å². The summed E-state index contributed by atoms with van der Waals surface area (Å²) >= 11 is 0. The summed E-state index contributed by atoms with van der Waals surface area (Å²) in [7, 11) is 1.62. The smallest absolute Gasteiger partial charge is 0.332 e. The van der Waals surface area contributed by atoms with Crippen LogP contribution in [0.4, 0.5) is 0 Å². The van der Waals surface area contributed by atoms with Gasteiger partial charge in [-0.3, -0.25) is 22.9 Å². The molecule has 0 atom stereocenters. The van der Waals surface area contributed by atoms with E-state index in [1.54, 1.807) is 11.4 Å². The molecule has 2 aromatic carbocycles. The number of imidazole rings is 2. The number of aliphatic hydroxyl groups is 1. The van der Waals surface area contributed by atoms with Crippen LogP contribution in [0.1, 0.15) is 17.5 Å². The summed E-state index contributed by atoms with van der Waals surface area (Å²) < 4.78 is 6.35. The van der Waals surface area contributed by atoms with E-state index in [2.05, 4.69) is 26.0 Å². The second-order valence-corrected chi connectivity index (χ2v) is 8.31. The molecular weight excluding hydrogens is 418 g/mol. The van der Waals surface area contributed by atoms with Crippen molar-refractivity contribution < 1.29 is 5.11 Å². The number of hydrogen-bond donors (Lipinski definition) is 1. The molecular formula is C25H25N5O3. The fourth-order valence-corrected chi connectivity index (χ4v) is 4.25. The van der Waals surface area contributed by atoms with Gasteiger partial charge in [0.25, 0.3) is 5.56 Å². The van der Waals surface area contributed by atoms with Crippen LogP contribution < -0.4 is 11.2 Å². The average molecular weight is 444 g/mol. The highest BCUT2D eigenvalue weighted by Gasteiger charge is 2.22. The van der Waals surface area contributed by atoms with Gasteiger partial charge in [-0.2, -0.15) is 4.98 Å². The molecule has 8 heteroatoms. The van der Waals surface area contributed by atoms with Gasteiger partial charge in [-0.05, 0) is 43.5 Å². The lowest BCUT2D eigenvalue weighted by molar-refractivity contribution is 0.277. The number of fused-ring (bicyclic) bond motifs is 3. The first-order valence-corrected chi connectivity index (χ1v) is 10.9. The van der Waals surface area contributed by atoms with E-state index in [9.17, 15) is 14.7 Å². The third-order valence-corrected chi connectivity index (χ3v) is 6.21. The first-order valence-electron chi connectivity index (χ1n) is 10.9. The summed E-state index contributed by atoms with van der Waals surface area (Å²) in [4.78, 5) is 31.0. The molecule has 0 spiro atoms. The Balaban J connectivity index is 1.91. The van der Waals surface area contributed by atoms with E-state index < -0.39 is 11.2 Å². The number of rotatable bonds is 5. The Bertz CT molecular complexity index is 1620. The van der Waals surface area contributed by atoms with Crippen LogP contribution in [0.2, 0.25) is 0 Å². The Morgan fingerprint density at radius 1 is 1.00 bits per heavy atom. The molecule has 3 aromatic heterocycles. The molecule has 5 rings (SSSR count). The molecule has 1 N–H and O–H groups in total. The second-order valence-electron chi connectivity index (χ2n) is 8.31. The third kappa shape index (κ3) is 3.22. The number of hydrogen-bond acceptors (Lipinski definition) is 4. The Hall–Kier alpha value is -3.91. The minimum Gasteiger partial charge on any atom is -0.396 e. The molecule has 8 nitrogen and oxygen atoms in total. The molecule has 0 saturated carbocycles. The first-order chi connectivity index (χ1) is 15.9. The topological polar surface area (TPSA) is 86.5 Å². The van der Waals surface area contributed by atoms with Crippen molar-refractivity contribution >= 4 is 16.9 Å². The van der Waals surface area contributed by atoms with Crippen LogP contribution in [0.3, 0.4) is 0 Å². The van der Waals surface area contributed by atoms with Gasteiger partial charge in [0.1, 0.15) is 0 Å². The van der Waals surface area contributed by atoms with Crippen LogP contribution >= 0.6 is 0 Å².